The van der Waals surface area contributed by atoms with Gasteiger partial charge in [0.2, 0.25) is 0 Å². The average molecular weight is 487 g/mol. The van der Waals surface area contributed by atoms with Gasteiger partial charge in [0, 0.05) is 6.42 Å². The molecule has 0 unspecified atom stereocenters. The fourth-order valence-electron chi connectivity index (χ4n) is 6.19. The summed E-state index contributed by atoms with van der Waals surface area (Å²) >= 11 is 0. The molecular formula is C29H42O6. The molecule has 0 heterocycles. The molecule has 0 radical (unpaired) electrons. The van der Waals surface area contributed by atoms with E-state index >= 15 is 0 Å². The van der Waals surface area contributed by atoms with E-state index in [-0.39, 0.29) is 5.41 Å². The number of hydrogen-bond donors (Lipinski definition) is 3. The molecule has 6 heteroatoms. The van der Waals surface area contributed by atoms with Crippen molar-refractivity contribution < 1.29 is 29.6 Å². The zero-order valence-electron chi connectivity index (χ0n) is 21.6. The van der Waals surface area contributed by atoms with Crippen LogP contribution in [0.2, 0.25) is 0 Å². The van der Waals surface area contributed by atoms with Crippen molar-refractivity contribution in [2.24, 2.45) is 17.3 Å². The summed E-state index contributed by atoms with van der Waals surface area (Å²) in [5.41, 5.74) is 3.00. The molecule has 3 N–H and O–H groups in total. The van der Waals surface area contributed by atoms with Crippen LogP contribution < -0.4 is 0 Å². The molecule has 6 nitrogen and oxygen atoms in total. The van der Waals surface area contributed by atoms with E-state index in [1.165, 1.54) is 12.7 Å². The molecule has 6 atom stereocenters. The number of allylic oxidation sites excluding steroid dienone is 5. The van der Waals surface area contributed by atoms with Crippen molar-refractivity contribution in [1.29, 1.82) is 0 Å². The summed E-state index contributed by atoms with van der Waals surface area (Å²) in [5, 5.41) is 30.8. The third-order valence-corrected chi connectivity index (χ3v) is 8.39. The van der Waals surface area contributed by atoms with Gasteiger partial charge in [0.05, 0.1) is 19.3 Å². The molecule has 0 aromatic rings. The summed E-state index contributed by atoms with van der Waals surface area (Å²) < 4.78 is 9.73. The lowest BCUT2D eigenvalue weighted by atomic mass is 9.62. The zero-order chi connectivity index (χ0) is 26.0. The lowest BCUT2D eigenvalue weighted by Gasteiger charge is -2.42. The first kappa shape index (κ1) is 27.4. The van der Waals surface area contributed by atoms with E-state index < -0.39 is 30.1 Å². The van der Waals surface area contributed by atoms with Crippen molar-refractivity contribution in [3.8, 4) is 0 Å². The number of aliphatic hydroxyl groups excluding tert-OH is 3. The highest BCUT2D eigenvalue weighted by molar-refractivity contribution is 5.60. The fourth-order valence-corrected chi connectivity index (χ4v) is 6.19. The molecule has 0 bridgehead atoms. The van der Waals surface area contributed by atoms with Crippen molar-refractivity contribution >= 4 is 6.16 Å². The maximum absolute atomic E-state index is 11.5. The van der Waals surface area contributed by atoms with Gasteiger partial charge in [0.1, 0.15) is 11.7 Å². The zero-order valence-corrected chi connectivity index (χ0v) is 21.6. The lowest BCUT2D eigenvalue weighted by Crippen LogP contribution is -2.39. The molecule has 3 aliphatic rings. The molecule has 0 aliphatic heterocycles. The molecule has 35 heavy (non-hydrogen) atoms. The number of rotatable bonds is 6. The van der Waals surface area contributed by atoms with Gasteiger partial charge in [-0.2, -0.15) is 0 Å². The Balaban J connectivity index is 1.73. The molecule has 194 valence electrons. The topological polar surface area (TPSA) is 96.2 Å². The highest BCUT2D eigenvalue weighted by Crippen LogP contribution is 2.59. The molecular weight excluding hydrogens is 444 g/mol. The monoisotopic (exact) mass is 486 g/mol. The van der Waals surface area contributed by atoms with E-state index in [0.29, 0.717) is 30.3 Å². The van der Waals surface area contributed by atoms with Gasteiger partial charge in [-0.1, -0.05) is 55.5 Å². The van der Waals surface area contributed by atoms with Crippen molar-refractivity contribution in [3.63, 3.8) is 0 Å². The van der Waals surface area contributed by atoms with Crippen LogP contribution in [0.25, 0.3) is 0 Å². The van der Waals surface area contributed by atoms with Crippen LogP contribution in [0.1, 0.15) is 65.7 Å². The Kier molecular flexibility index (Phi) is 8.51. The number of ether oxygens (including phenoxy) is 2. The summed E-state index contributed by atoms with van der Waals surface area (Å²) in [6.07, 6.45) is 11.0. The van der Waals surface area contributed by atoms with Gasteiger partial charge in [0.25, 0.3) is 0 Å². The molecule has 0 amide bonds. The molecule has 0 saturated heterocycles. The average Bonchev–Trinajstić information content (AvgIpc) is 3.15. The van der Waals surface area contributed by atoms with Gasteiger partial charge in [-0.3, -0.25) is 0 Å². The number of fused-ring (bicyclic) bond motifs is 1. The summed E-state index contributed by atoms with van der Waals surface area (Å²) in [6.45, 7) is 14.0. The van der Waals surface area contributed by atoms with Gasteiger partial charge in [-0.25, -0.2) is 4.79 Å². The SMILES string of the molecule is C=C(/C=C/[C@H](O)C(C)(C)OC(=O)OC)[C@H]1CC[C@H]2/C(=C/C=C3/C[C@@H](O)C[C@H](O)C3=C)CCC[C@]12C. The van der Waals surface area contributed by atoms with Gasteiger partial charge < -0.3 is 24.8 Å². The Labute approximate surface area is 209 Å². The van der Waals surface area contributed by atoms with Crippen LogP contribution in [0.5, 0.6) is 0 Å². The van der Waals surface area contributed by atoms with E-state index in [0.717, 1.165) is 43.3 Å². The van der Waals surface area contributed by atoms with Gasteiger partial charge >= 0.3 is 6.16 Å². The number of methoxy groups -OCH3 is 1. The molecule has 0 spiro atoms. The Hall–Kier alpha value is -2.15. The smallest absolute Gasteiger partial charge is 0.438 e. The summed E-state index contributed by atoms with van der Waals surface area (Å²) in [5.74, 6) is 0.740. The van der Waals surface area contributed by atoms with Crippen LogP contribution in [-0.2, 0) is 9.47 Å². The Morgan fingerprint density at radius 3 is 2.66 bits per heavy atom. The second-order valence-corrected chi connectivity index (χ2v) is 11.1. The minimum absolute atomic E-state index is 0.0790. The van der Waals surface area contributed by atoms with E-state index in [1.54, 1.807) is 19.9 Å². The highest BCUT2D eigenvalue weighted by atomic mass is 16.7. The third kappa shape index (κ3) is 5.99. The number of aliphatic hydroxyl groups is 3. The number of carbonyl (C=O) groups is 1. The van der Waals surface area contributed by atoms with Crippen molar-refractivity contribution in [1.82, 2.24) is 0 Å². The van der Waals surface area contributed by atoms with Crippen molar-refractivity contribution in [2.75, 3.05) is 7.11 Å². The molecule has 3 aliphatic carbocycles. The second kappa shape index (κ2) is 10.9. The third-order valence-electron chi connectivity index (χ3n) is 8.39. The second-order valence-electron chi connectivity index (χ2n) is 11.1. The van der Waals surface area contributed by atoms with Gasteiger partial charge in [-0.15, -0.1) is 0 Å². The number of hydrogen-bond acceptors (Lipinski definition) is 6. The minimum atomic E-state index is -1.12. The van der Waals surface area contributed by atoms with Crippen LogP contribution in [0.15, 0.2) is 59.8 Å². The predicted molar refractivity (Wildman–Crippen MR) is 137 cm³/mol. The molecule has 3 rings (SSSR count). The van der Waals surface area contributed by atoms with E-state index in [1.807, 2.05) is 6.08 Å². The fraction of sp³-hybridized carbons (Fsp3) is 0.621. The first-order valence-corrected chi connectivity index (χ1v) is 12.7. The standard InChI is InChI=1S/C29H42O6/c1-18(9-14-26(32)28(3,4)35-27(33)34-6)23-12-13-24-20(8-7-15-29(23,24)5)10-11-21-16-22(30)17-25(31)19(21)2/h9-11,14,22-26,30-32H,1-2,7-8,12-13,15-17H2,3-6H3/b14-9+,20-10+,21-11-/t22-,23-,24+,25+,26+,29-/m1/s1. The minimum Gasteiger partial charge on any atom is -0.438 e. The van der Waals surface area contributed by atoms with Crippen LogP contribution in [0.4, 0.5) is 4.79 Å². The van der Waals surface area contributed by atoms with Crippen LogP contribution >= 0.6 is 0 Å². The summed E-state index contributed by atoms with van der Waals surface area (Å²) in [7, 11) is 1.24. The maximum atomic E-state index is 11.5. The first-order chi connectivity index (χ1) is 16.4. The van der Waals surface area contributed by atoms with Crippen molar-refractivity contribution in [3.05, 3.63) is 59.8 Å². The van der Waals surface area contributed by atoms with Crippen LogP contribution in [0.3, 0.4) is 0 Å². The molecule has 0 aromatic heterocycles. The first-order valence-electron chi connectivity index (χ1n) is 12.7. The lowest BCUT2D eigenvalue weighted by molar-refractivity contribution is -0.0615. The Morgan fingerprint density at radius 1 is 1.26 bits per heavy atom. The van der Waals surface area contributed by atoms with Gasteiger partial charge in [0.15, 0.2) is 0 Å². The predicted octanol–water partition coefficient (Wildman–Crippen LogP) is 5.16. The Bertz CT molecular complexity index is 925. The maximum Gasteiger partial charge on any atom is 0.508 e. The van der Waals surface area contributed by atoms with Crippen LogP contribution in [-0.4, -0.2) is 52.5 Å². The highest BCUT2D eigenvalue weighted by Gasteiger charge is 2.49. The number of carbonyl (C=O) groups excluding carboxylic acids is 1. The normalized spacial score (nSPS) is 34.8. The molecule has 0 aromatic carbocycles. The van der Waals surface area contributed by atoms with Gasteiger partial charge in [-0.05, 0) is 80.8 Å². The largest absolute Gasteiger partial charge is 0.508 e. The van der Waals surface area contributed by atoms with E-state index in [2.05, 4.69) is 37.0 Å². The van der Waals surface area contributed by atoms with Crippen LogP contribution in [0, 0.1) is 17.3 Å². The quantitative estimate of drug-likeness (QED) is 0.354. The summed E-state index contributed by atoms with van der Waals surface area (Å²) in [4.78, 5) is 11.5. The summed E-state index contributed by atoms with van der Waals surface area (Å²) in [6, 6.07) is 0. The van der Waals surface area contributed by atoms with E-state index in [9.17, 15) is 20.1 Å². The van der Waals surface area contributed by atoms with E-state index in [4.69, 9.17) is 4.74 Å². The molecule has 3 fully saturated rings. The Morgan fingerprint density at radius 2 is 1.97 bits per heavy atom. The molecule has 3 saturated carbocycles. The van der Waals surface area contributed by atoms with Crippen molar-refractivity contribution in [2.45, 2.75) is 89.6 Å².